The molecule has 1 aromatic heterocycles. The Labute approximate surface area is 103 Å². The Morgan fingerprint density at radius 1 is 1.29 bits per heavy atom. The molecule has 1 saturated carbocycles. The zero-order chi connectivity index (χ0) is 12.1. The molecule has 0 atom stereocenters. The Morgan fingerprint density at radius 3 is 2.71 bits per heavy atom. The lowest BCUT2D eigenvalue weighted by atomic mass is 9.88. The maximum absolute atomic E-state index is 5.47. The maximum atomic E-state index is 5.47. The average molecular weight is 234 g/mol. The highest BCUT2D eigenvalue weighted by atomic mass is 15.3. The number of rotatable bonds is 4. The van der Waals surface area contributed by atoms with Crippen molar-refractivity contribution in [2.75, 3.05) is 5.43 Å². The molecule has 1 fully saturated rings. The predicted octanol–water partition coefficient (Wildman–Crippen LogP) is 2.76. The van der Waals surface area contributed by atoms with E-state index in [0.717, 1.165) is 30.2 Å². The summed E-state index contributed by atoms with van der Waals surface area (Å²) in [6.45, 7) is 2.16. The smallest absolute Gasteiger partial charge is 0.143 e. The van der Waals surface area contributed by atoms with Gasteiger partial charge >= 0.3 is 0 Å². The molecule has 0 saturated heterocycles. The number of nitrogens with zero attached hydrogens (tertiary/aromatic N) is 2. The molecule has 0 aromatic carbocycles. The molecule has 1 heterocycles. The average Bonchev–Trinajstić information content (AvgIpc) is 2.40. The molecule has 0 spiro atoms. The van der Waals surface area contributed by atoms with Crippen LogP contribution in [0.3, 0.4) is 0 Å². The van der Waals surface area contributed by atoms with Crippen LogP contribution in [0.4, 0.5) is 5.82 Å². The fraction of sp³-hybridized carbons (Fsp3) is 0.692. The van der Waals surface area contributed by atoms with Crippen LogP contribution in [-0.2, 0) is 6.42 Å². The van der Waals surface area contributed by atoms with Gasteiger partial charge < -0.3 is 5.43 Å². The lowest BCUT2D eigenvalue weighted by Gasteiger charge is -2.21. The molecule has 1 aliphatic carbocycles. The normalized spacial score (nSPS) is 17.1. The van der Waals surface area contributed by atoms with Gasteiger partial charge in [0.2, 0.25) is 0 Å². The quantitative estimate of drug-likeness (QED) is 0.621. The van der Waals surface area contributed by atoms with Crippen molar-refractivity contribution in [3.05, 3.63) is 17.6 Å². The lowest BCUT2D eigenvalue weighted by Crippen LogP contribution is -2.15. The highest BCUT2D eigenvalue weighted by molar-refractivity contribution is 5.35. The van der Waals surface area contributed by atoms with E-state index in [0.29, 0.717) is 5.92 Å². The van der Waals surface area contributed by atoms with Gasteiger partial charge in [-0.2, -0.15) is 0 Å². The largest absolute Gasteiger partial charge is 0.308 e. The van der Waals surface area contributed by atoms with Gasteiger partial charge in [0, 0.05) is 17.7 Å². The highest BCUT2D eigenvalue weighted by Gasteiger charge is 2.19. The summed E-state index contributed by atoms with van der Waals surface area (Å²) < 4.78 is 0. The van der Waals surface area contributed by atoms with Crippen LogP contribution < -0.4 is 11.3 Å². The van der Waals surface area contributed by atoms with E-state index in [-0.39, 0.29) is 0 Å². The minimum Gasteiger partial charge on any atom is -0.308 e. The first-order chi connectivity index (χ1) is 8.33. The third-order valence-corrected chi connectivity index (χ3v) is 3.42. The van der Waals surface area contributed by atoms with E-state index in [1.54, 1.807) is 0 Å². The van der Waals surface area contributed by atoms with Crippen LogP contribution in [0.25, 0.3) is 0 Å². The van der Waals surface area contributed by atoms with Gasteiger partial charge in [-0.05, 0) is 19.3 Å². The molecule has 1 aromatic rings. The van der Waals surface area contributed by atoms with Crippen LogP contribution in [0.5, 0.6) is 0 Å². The second kappa shape index (κ2) is 5.96. The molecule has 3 N–H and O–H groups in total. The summed E-state index contributed by atoms with van der Waals surface area (Å²) in [5, 5.41) is 0. The van der Waals surface area contributed by atoms with E-state index in [9.17, 15) is 0 Å². The van der Waals surface area contributed by atoms with Crippen molar-refractivity contribution in [3.8, 4) is 0 Å². The van der Waals surface area contributed by atoms with Crippen molar-refractivity contribution in [3.63, 3.8) is 0 Å². The van der Waals surface area contributed by atoms with Crippen molar-refractivity contribution in [2.24, 2.45) is 5.84 Å². The van der Waals surface area contributed by atoms with E-state index in [1.165, 1.54) is 32.1 Å². The molecule has 0 radical (unpaired) electrons. The second-order valence-electron chi connectivity index (χ2n) is 4.83. The highest BCUT2D eigenvalue weighted by Crippen LogP contribution is 2.31. The number of anilines is 1. The molecule has 0 amide bonds. The van der Waals surface area contributed by atoms with Crippen LogP contribution in [-0.4, -0.2) is 9.97 Å². The summed E-state index contributed by atoms with van der Waals surface area (Å²) >= 11 is 0. The van der Waals surface area contributed by atoms with E-state index in [2.05, 4.69) is 22.3 Å². The molecule has 17 heavy (non-hydrogen) atoms. The van der Waals surface area contributed by atoms with Crippen LogP contribution in [0.15, 0.2) is 6.07 Å². The van der Waals surface area contributed by atoms with E-state index in [1.807, 2.05) is 6.07 Å². The Hall–Kier alpha value is -1.16. The Bertz CT molecular complexity index is 358. The maximum Gasteiger partial charge on any atom is 0.143 e. The van der Waals surface area contributed by atoms with Gasteiger partial charge in [-0.1, -0.05) is 32.6 Å². The Morgan fingerprint density at radius 2 is 2.06 bits per heavy atom. The molecule has 1 aliphatic rings. The summed E-state index contributed by atoms with van der Waals surface area (Å²) in [4.78, 5) is 9.20. The minimum atomic E-state index is 0.535. The van der Waals surface area contributed by atoms with Crippen LogP contribution in [0.1, 0.15) is 62.9 Å². The Kier molecular flexibility index (Phi) is 4.31. The first-order valence-corrected chi connectivity index (χ1v) is 6.68. The molecule has 0 bridgehead atoms. The molecule has 2 rings (SSSR count). The number of nitrogens with two attached hydrogens (primary N) is 1. The Balaban J connectivity index is 2.21. The number of hydrazine groups is 1. The number of aryl methyl sites for hydroxylation is 1. The van der Waals surface area contributed by atoms with Gasteiger partial charge in [-0.3, -0.25) is 0 Å². The number of aromatic nitrogens is 2. The molecule has 4 heteroatoms. The van der Waals surface area contributed by atoms with E-state index in [4.69, 9.17) is 5.84 Å². The van der Waals surface area contributed by atoms with E-state index < -0.39 is 0 Å². The summed E-state index contributed by atoms with van der Waals surface area (Å²) in [6, 6.07) is 1.95. The number of hydrogen-bond acceptors (Lipinski definition) is 4. The van der Waals surface area contributed by atoms with Crippen molar-refractivity contribution < 1.29 is 0 Å². The molecule has 0 unspecified atom stereocenters. The molecular weight excluding hydrogens is 212 g/mol. The SMILES string of the molecule is CCCc1cc(NN)nc(C2CCCCC2)n1. The summed E-state index contributed by atoms with van der Waals surface area (Å²) in [7, 11) is 0. The lowest BCUT2D eigenvalue weighted by molar-refractivity contribution is 0.428. The topological polar surface area (TPSA) is 63.8 Å². The number of nitrogens with one attached hydrogen (secondary N) is 1. The molecular formula is C13H22N4. The predicted molar refractivity (Wildman–Crippen MR) is 69.7 cm³/mol. The summed E-state index contributed by atoms with van der Waals surface area (Å²) in [5.74, 6) is 7.75. The van der Waals surface area contributed by atoms with Crippen LogP contribution in [0.2, 0.25) is 0 Å². The minimum absolute atomic E-state index is 0.535. The first kappa shape index (κ1) is 12.3. The fourth-order valence-corrected chi connectivity index (χ4v) is 2.52. The number of nitrogen functional groups attached to an aromatic ring is 1. The molecule has 94 valence electrons. The van der Waals surface area contributed by atoms with Gasteiger partial charge in [-0.25, -0.2) is 15.8 Å². The number of hydrogen-bond donors (Lipinski definition) is 2. The van der Waals surface area contributed by atoms with Gasteiger partial charge in [0.15, 0.2) is 0 Å². The zero-order valence-electron chi connectivity index (χ0n) is 10.6. The van der Waals surface area contributed by atoms with Crippen molar-refractivity contribution in [2.45, 2.75) is 57.8 Å². The third kappa shape index (κ3) is 3.16. The van der Waals surface area contributed by atoms with E-state index >= 15 is 0 Å². The van der Waals surface area contributed by atoms with Crippen molar-refractivity contribution in [1.82, 2.24) is 9.97 Å². The van der Waals surface area contributed by atoms with Gasteiger partial charge in [0.1, 0.15) is 11.6 Å². The second-order valence-corrected chi connectivity index (χ2v) is 4.83. The zero-order valence-corrected chi connectivity index (χ0v) is 10.6. The fourth-order valence-electron chi connectivity index (χ4n) is 2.52. The van der Waals surface area contributed by atoms with Gasteiger partial charge in [0.05, 0.1) is 0 Å². The van der Waals surface area contributed by atoms with Gasteiger partial charge in [-0.15, -0.1) is 0 Å². The third-order valence-electron chi connectivity index (χ3n) is 3.42. The van der Waals surface area contributed by atoms with Crippen molar-refractivity contribution >= 4 is 5.82 Å². The summed E-state index contributed by atoms with van der Waals surface area (Å²) in [5.41, 5.74) is 3.76. The standard InChI is InChI=1S/C13H22N4/c1-2-6-11-9-12(17-14)16-13(15-11)10-7-4-3-5-8-10/h9-10H,2-8,14H2,1H3,(H,15,16,17). The van der Waals surface area contributed by atoms with Crippen LogP contribution >= 0.6 is 0 Å². The monoisotopic (exact) mass is 234 g/mol. The molecule has 0 aliphatic heterocycles. The summed E-state index contributed by atoms with van der Waals surface area (Å²) in [6.07, 6.45) is 8.50. The van der Waals surface area contributed by atoms with Gasteiger partial charge in [0.25, 0.3) is 0 Å². The first-order valence-electron chi connectivity index (χ1n) is 6.68. The molecule has 4 nitrogen and oxygen atoms in total. The van der Waals surface area contributed by atoms with Crippen LogP contribution in [0, 0.1) is 0 Å². The van der Waals surface area contributed by atoms with Crippen molar-refractivity contribution in [1.29, 1.82) is 0 Å².